The Labute approximate surface area is 140 Å². The quantitative estimate of drug-likeness (QED) is 0.884. The van der Waals surface area contributed by atoms with Crippen LogP contribution in [0, 0.1) is 5.82 Å². The number of carbonyl (C=O) groups excluding carboxylic acids is 2. The highest BCUT2D eigenvalue weighted by Gasteiger charge is 2.26. The number of amides is 2. The molecule has 0 bridgehead atoms. The molecule has 24 heavy (non-hydrogen) atoms. The Balaban J connectivity index is 2.06. The maximum absolute atomic E-state index is 13.1. The van der Waals surface area contributed by atoms with Crippen LogP contribution in [0.4, 0.5) is 4.39 Å². The van der Waals surface area contributed by atoms with E-state index in [1.54, 1.807) is 24.0 Å². The highest BCUT2D eigenvalue weighted by atomic mass is 19.1. The van der Waals surface area contributed by atoms with E-state index >= 15 is 0 Å². The van der Waals surface area contributed by atoms with E-state index in [0.717, 1.165) is 5.56 Å². The van der Waals surface area contributed by atoms with Crippen LogP contribution in [0.25, 0.3) is 0 Å². The first-order valence-corrected chi connectivity index (χ1v) is 7.83. The summed E-state index contributed by atoms with van der Waals surface area (Å²) >= 11 is 0. The Morgan fingerprint density at radius 3 is 2.42 bits per heavy atom. The monoisotopic (exact) mass is 332 g/mol. The molecule has 6 heteroatoms. The summed E-state index contributed by atoms with van der Waals surface area (Å²) < 4.78 is 17.9. The van der Waals surface area contributed by atoms with Crippen molar-refractivity contribution in [1.29, 1.82) is 0 Å². The molecule has 1 N–H and O–H groups in total. The largest absolute Gasteiger partial charge is 0.472 e. The molecule has 128 valence electrons. The van der Waals surface area contributed by atoms with Gasteiger partial charge in [-0.25, -0.2) is 4.39 Å². The Morgan fingerprint density at radius 1 is 1.21 bits per heavy atom. The zero-order valence-electron chi connectivity index (χ0n) is 14.0. The average Bonchev–Trinajstić information content (AvgIpc) is 3.10. The number of hydrogen-bond acceptors (Lipinski definition) is 3. The van der Waals surface area contributed by atoms with E-state index in [-0.39, 0.29) is 23.7 Å². The van der Waals surface area contributed by atoms with E-state index in [9.17, 15) is 14.0 Å². The van der Waals surface area contributed by atoms with Crippen molar-refractivity contribution in [1.82, 2.24) is 10.2 Å². The summed E-state index contributed by atoms with van der Waals surface area (Å²) in [4.78, 5) is 26.3. The molecular weight excluding hydrogens is 311 g/mol. The molecule has 2 rings (SSSR count). The molecule has 2 amide bonds. The first kappa shape index (κ1) is 17.7. The number of rotatable bonds is 6. The van der Waals surface area contributed by atoms with Gasteiger partial charge in [-0.1, -0.05) is 12.1 Å². The number of nitrogens with one attached hydrogen (secondary N) is 1. The van der Waals surface area contributed by atoms with Crippen LogP contribution in [0.2, 0.25) is 0 Å². The Morgan fingerprint density at radius 2 is 1.88 bits per heavy atom. The minimum absolute atomic E-state index is 0.203. The Bertz CT molecular complexity index is 683. The number of benzene rings is 1. The van der Waals surface area contributed by atoms with Crippen LogP contribution in [-0.2, 0) is 4.79 Å². The van der Waals surface area contributed by atoms with Gasteiger partial charge >= 0.3 is 0 Å². The normalized spacial score (nSPS) is 13.2. The van der Waals surface area contributed by atoms with Gasteiger partial charge in [0.15, 0.2) is 0 Å². The second-order valence-electron chi connectivity index (χ2n) is 5.56. The minimum atomic E-state index is -0.685. The van der Waals surface area contributed by atoms with Crippen LogP contribution >= 0.6 is 0 Å². The first-order chi connectivity index (χ1) is 11.4. The molecule has 0 unspecified atom stereocenters. The van der Waals surface area contributed by atoms with Gasteiger partial charge in [0, 0.05) is 6.54 Å². The highest BCUT2D eigenvalue weighted by molar-refractivity contribution is 5.97. The van der Waals surface area contributed by atoms with Crippen LogP contribution in [0.3, 0.4) is 0 Å². The fraction of sp³-hybridized carbons (Fsp3) is 0.333. The number of carbonyl (C=O) groups is 2. The molecule has 0 aliphatic carbocycles. The van der Waals surface area contributed by atoms with Crippen LogP contribution in [0.15, 0.2) is 47.3 Å². The van der Waals surface area contributed by atoms with Crippen LogP contribution < -0.4 is 5.32 Å². The van der Waals surface area contributed by atoms with E-state index in [4.69, 9.17) is 4.42 Å². The number of likely N-dealkylation sites (N-methyl/N-ethyl adjacent to an activating group) is 1. The van der Waals surface area contributed by atoms with Crippen molar-refractivity contribution in [2.24, 2.45) is 0 Å². The SMILES string of the molecule is CCN(C(=O)[C@@H](C)NC(=O)c1ccoc1)[C@@H](C)c1ccc(F)cc1. The molecule has 0 saturated heterocycles. The summed E-state index contributed by atoms with van der Waals surface area (Å²) in [6.45, 7) is 5.85. The molecule has 1 heterocycles. The van der Waals surface area contributed by atoms with E-state index in [0.29, 0.717) is 12.1 Å². The Kier molecular flexibility index (Phi) is 5.73. The van der Waals surface area contributed by atoms with Crippen LogP contribution in [0.1, 0.15) is 42.7 Å². The second kappa shape index (κ2) is 7.77. The molecule has 2 aromatic rings. The molecular formula is C18H21FN2O3. The standard InChI is InChI=1S/C18H21FN2O3/c1-4-21(13(3)14-5-7-16(19)8-6-14)18(23)12(2)20-17(22)15-9-10-24-11-15/h5-13H,4H2,1-3H3,(H,20,22)/t12-,13+/m1/s1. The van der Waals surface area contributed by atoms with Gasteiger partial charge in [-0.2, -0.15) is 0 Å². The lowest BCUT2D eigenvalue weighted by atomic mass is 10.1. The topological polar surface area (TPSA) is 62.6 Å². The summed E-state index contributed by atoms with van der Waals surface area (Å²) in [7, 11) is 0. The smallest absolute Gasteiger partial charge is 0.255 e. The third-order valence-corrected chi connectivity index (χ3v) is 3.95. The fourth-order valence-corrected chi connectivity index (χ4v) is 2.53. The molecule has 2 atom stereocenters. The second-order valence-corrected chi connectivity index (χ2v) is 5.56. The fourth-order valence-electron chi connectivity index (χ4n) is 2.53. The molecule has 1 aromatic carbocycles. The van der Waals surface area contributed by atoms with Crippen LogP contribution in [-0.4, -0.2) is 29.3 Å². The first-order valence-electron chi connectivity index (χ1n) is 7.83. The molecule has 1 aromatic heterocycles. The number of nitrogens with zero attached hydrogens (tertiary/aromatic N) is 1. The van der Waals surface area contributed by atoms with Gasteiger partial charge in [-0.15, -0.1) is 0 Å². The summed E-state index contributed by atoms with van der Waals surface area (Å²) in [6, 6.07) is 6.68. The maximum Gasteiger partial charge on any atom is 0.255 e. The molecule has 0 aliphatic rings. The molecule has 0 radical (unpaired) electrons. The predicted molar refractivity (Wildman–Crippen MR) is 87.8 cm³/mol. The summed E-state index contributed by atoms with van der Waals surface area (Å²) in [6.07, 6.45) is 2.72. The summed E-state index contributed by atoms with van der Waals surface area (Å²) in [5.74, 6) is -0.887. The van der Waals surface area contributed by atoms with E-state index in [2.05, 4.69) is 5.32 Å². The number of furan rings is 1. The molecule has 0 spiro atoms. The van der Waals surface area contributed by atoms with Crippen molar-refractivity contribution in [2.45, 2.75) is 32.9 Å². The average molecular weight is 332 g/mol. The zero-order chi connectivity index (χ0) is 17.7. The third kappa shape index (κ3) is 4.01. The van der Waals surface area contributed by atoms with Crippen molar-refractivity contribution < 1.29 is 18.4 Å². The molecule has 0 saturated carbocycles. The maximum atomic E-state index is 13.1. The van der Waals surface area contributed by atoms with E-state index in [1.165, 1.54) is 30.7 Å². The molecule has 0 fully saturated rings. The summed E-state index contributed by atoms with van der Waals surface area (Å²) in [5, 5.41) is 2.66. The van der Waals surface area contributed by atoms with Crippen molar-refractivity contribution in [2.75, 3.05) is 6.54 Å². The van der Waals surface area contributed by atoms with Crippen molar-refractivity contribution >= 4 is 11.8 Å². The van der Waals surface area contributed by atoms with Crippen molar-refractivity contribution in [3.05, 3.63) is 59.8 Å². The molecule has 0 aliphatic heterocycles. The molecule has 5 nitrogen and oxygen atoms in total. The van der Waals surface area contributed by atoms with Gasteiger partial charge in [-0.05, 0) is 44.5 Å². The lowest BCUT2D eigenvalue weighted by Crippen LogP contribution is -2.47. The zero-order valence-corrected chi connectivity index (χ0v) is 14.0. The van der Waals surface area contributed by atoms with Gasteiger partial charge in [0.2, 0.25) is 5.91 Å². The van der Waals surface area contributed by atoms with Crippen molar-refractivity contribution in [3.63, 3.8) is 0 Å². The predicted octanol–water partition coefficient (Wildman–Crippen LogP) is 3.15. The van der Waals surface area contributed by atoms with E-state index < -0.39 is 6.04 Å². The van der Waals surface area contributed by atoms with E-state index in [1.807, 2.05) is 13.8 Å². The van der Waals surface area contributed by atoms with Gasteiger partial charge in [0.05, 0.1) is 17.9 Å². The van der Waals surface area contributed by atoms with Crippen LogP contribution in [0.5, 0.6) is 0 Å². The van der Waals surface area contributed by atoms with Crippen molar-refractivity contribution in [3.8, 4) is 0 Å². The Hall–Kier alpha value is -2.63. The van der Waals surface area contributed by atoms with Gasteiger partial charge in [0.25, 0.3) is 5.91 Å². The number of halogens is 1. The lowest BCUT2D eigenvalue weighted by Gasteiger charge is -2.31. The van der Waals surface area contributed by atoms with Gasteiger partial charge in [-0.3, -0.25) is 9.59 Å². The lowest BCUT2D eigenvalue weighted by molar-refractivity contribution is -0.134. The summed E-state index contributed by atoms with van der Waals surface area (Å²) in [5.41, 5.74) is 1.20. The highest BCUT2D eigenvalue weighted by Crippen LogP contribution is 2.21. The van der Waals surface area contributed by atoms with Gasteiger partial charge < -0.3 is 14.6 Å². The van der Waals surface area contributed by atoms with Gasteiger partial charge in [0.1, 0.15) is 18.1 Å². The third-order valence-electron chi connectivity index (χ3n) is 3.95. The minimum Gasteiger partial charge on any atom is -0.472 e. The number of hydrogen-bond donors (Lipinski definition) is 1.